The predicted molar refractivity (Wildman–Crippen MR) is 116 cm³/mol. The largest absolute Gasteiger partial charge is 0.858 e. The maximum atomic E-state index is 13.6. The summed E-state index contributed by atoms with van der Waals surface area (Å²) in [5, 5.41) is 17.8. The Labute approximate surface area is 184 Å². The first kappa shape index (κ1) is 19.4. The number of benzene rings is 2. The Morgan fingerprint density at radius 1 is 0.781 bits per heavy atom. The third kappa shape index (κ3) is 2.99. The lowest BCUT2D eigenvalue weighted by Crippen LogP contribution is -2.39. The van der Waals surface area contributed by atoms with Gasteiger partial charge in [-0.3, -0.25) is 9.59 Å². The molecule has 1 aliphatic heterocycles. The highest BCUT2D eigenvalue weighted by molar-refractivity contribution is 6.53. The van der Waals surface area contributed by atoms with Crippen molar-refractivity contribution in [1.82, 2.24) is 9.78 Å². The fourth-order valence-electron chi connectivity index (χ4n) is 3.88. The van der Waals surface area contributed by atoms with Gasteiger partial charge in [-0.1, -0.05) is 42.5 Å². The number of amides is 2. The molecule has 156 valence electrons. The van der Waals surface area contributed by atoms with E-state index in [-0.39, 0.29) is 16.8 Å². The van der Waals surface area contributed by atoms with Crippen LogP contribution in [-0.2, 0) is 9.59 Å². The van der Waals surface area contributed by atoms with Crippen LogP contribution >= 0.6 is 0 Å². The second-order valence-electron chi connectivity index (χ2n) is 7.30. The lowest BCUT2D eigenvalue weighted by Gasteiger charge is -2.15. The molecule has 2 aromatic heterocycles. The number of nitrogens with zero attached hydrogens (tertiary/aromatic N) is 4. The summed E-state index contributed by atoms with van der Waals surface area (Å²) in [4.78, 5) is 28.2. The lowest BCUT2D eigenvalue weighted by molar-refractivity contribution is -0.576. The Hall–Kier alpha value is -4.52. The third-order valence-electron chi connectivity index (χ3n) is 5.32. The molecule has 0 unspecified atom stereocenters. The van der Waals surface area contributed by atoms with E-state index < -0.39 is 17.7 Å². The maximum absolute atomic E-state index is 13.6. The van der Waals surface area contributed by atoms with Crippen LogP contribution in [0.5, 0.6) is 5.88 Å². The van der Waals surface area contributed by atoms with Crippen molar-refractivity contribution in [1.29, 1.82) is 0 Å². The highest BCUT2D eigenvalue weighted by Crippen LogP contribution is 2.38. The topological polar surface area (TPSA) is 82.1 Å². The number of carbonyl (C=O) groups excluding carboxylic acids is 2. The van der Waals surface area contributed by atoms with Gasteiger partial charge in [0.25, 0.3) is 11.6 Å². The van der Waals surface area contributed by atoms with Gasteiger partial charge in [0.15, 0.2) is 12.4 Å². The molecule has 0 N–H and O–H groups in total. The normalized spacial score (nSPS) is 13.8. The molecule has 2 amide bonds. The molecule has 0 radical (unpaired) electrons. The lowest BCUT2D eigenvalue weighted by atomic mass is 10.0. The average Bonchev–Trinajstić information content (AvgIpc) is 3.26. The minimum atomic E-state index is -0.555. The van der Waals surface area contributed by atoms with Crippen LogP contribution in [0.15, 0.2) is 91.3 Å². The summed E-state index contributed by atoms with van der Waals surface area (Å²) in [6, 6.07) is 23.0. The number of imide groups is 1. The standard InChI is InChI=1S/C25H18N4O3/c1-17-20(24(31)29(26-17)19-13-7-3-8-14-19)21-22(27-15-9-4-10-16-27)25(32)28(23(21)30)18-11-5-2-6-12-18/h2-16H,1H3. The van der Waals surface area contributed by atoms with Crippen molar-refractivity contribution < 1.29 is 19.3 Å². The van der Waals surface area contributed by atoms with E-state index in [0.29, 0.717) is 17.1 Å². The molecule has 3 heterocycles. The minimum absolute atomic E-state index is 0.0414. The summed E-state index contributed by atoms with van der Waals surface area (Å²) in [6.45, 7) is 1.67. The molecule has 5 rings (SSSR count). The number of pyridine rings is 1. The first-order valence-corrected chi connectivity index (χ1v) is 10.0. The number of hydrogen-bond donors (Lipinski definition) is 0. The van der Waals surface area contributed by atoms with E-state index in [9.17, 15) is 14.7 Å². The first-order valence-electron chi connectivity index (χ1n) is 10.0. The van der Waals surface area contributed by atoms with Gasteiger partial charge in [0.2, 0.25) is 0 Å². The molecule has 1 aliphatic rings. The van der Waals surface area contributed by atoms with Crippen molar-refractivity contribution in [2.45, 2.75) is 6.92 Å². The van der Waals surface area contributed by atoms with Gasteiger partial charge in [-0.05, 0) is 37.1 Å². The molecule has 4 aromatic rings. The second kappa shape index (κ2) is 7.63. The van der Waals surface area contributed by atoms with Crippen molar-refractivity contribution in [3.63, 3.8) is 0 Å². The Morgan fingerprint density at radius 3 is 1.97 bits per heavy atom. The maximum Gasteiger partial charge on any atom is 0.331 e. The van der Waals surface area contributed by atoms with E-state index in [1.807, 2.05) is 12.1 Å². The van der Waals surface area contributed by atoms with Crippen molar-refractivity contribution in [2.24, 2.45) is 0 Å². The van der Waals surface area contributed by atoms with Gasteiger partial charge < -0.3 is 5.11 Å². The zero-order valence-electron chi connectivity index (χ0n) is 17.2. The highest BCUT2D eigenvalue weighted by Gasteiger charge is 2.47. The fraction of sp³-hybridized carbons (Fsp3) is 0.0400. The Bertz CT molecular complexity index is 1360. The van der Waals surface area contributed by atoms with Crippen LogP contribution in [0.4, 0.5) is 5.69 Å². The average molecular weight is 422 g/mol. The predicted octanol–water partition coefficient (Wildman–Crippen LogP) is 2.48. The van der Waals surface area contributed by atoms with Crippen LogP contribution in [0.1, 0.15) is 11.3 Å². The first-order chi connectivity index (χ1) is 15.6. The molecule has 0 bridgehead atoms. The summed E-state index contributed by atoms with van der Waals surface area (Å²) in [7, 11) is 0. The number of carbonyl (C=O) groups is 2. The monoisotopic (exact) mass is 422 g/mol. The van der Waals surface area contributed by atoms with Crippen molar-refractivity contribution in [3.8, 4) is 11.6 Å². The van der Waals surface area contributed by atoms with Gasteiger partial charge in [-0.15, -0.1) is 0 Å². The zero-order valence-corrected chi connectivity index (χ0v) is 17.2. The fourth-order valence-corrected chi connectivity index (χ4v) is 3.88. The van der Waals surface area contributed by atoms with E-state index in [4.69, 9.17) is 0 Å². The van der Waals surface area contributed by atoms with Gasteiger partial charge in [0, 0.05) is 17.7 Å². The number of para-hydroxylation sites is 2. The van der Waals surface area contributed by atoms with E-state index >= 15 is 0 Å². The summed E-state index contributed by atoms with van der Waals surface area (Å²) in [6.07, 6.45) is 3.35. The van der Waals surface area contributed by atoms with Crippen LogP contribution in [0.3, 0.4) is 0 Å². The molecule has 0 atom stereocenters. The van der Waals surface area contributed by atoms with Crippen LogP contribution < -0.4 is 14.6 Å². The second-order valence-corrected chi connectivity index (χ2v) is 7.30. The van der Waals surface area contributed by atoms with Crippen molar-refractivity contribution >= 4 is 28.8 Å². The minimum Gasteiger partial charge on any atom is -0.858 e. The van der Waals surface area contributed by atoms with Gasteiger partial charge in [-0.2, -0.15) is 9.67 Å². The summed E-state index contributed by atoms with van der Waals surface area (Å²) >= 11 is 0. The Kier molecular flexibility index (Phi) is 4.63. The van der Waals surface area contributed by atoms with Crippen LogP contribution in [-0.4, -0.2) is 21.6 Å². The van der Waals surface area contributed by atoms with E-state index in [1.54, 1.807) is 90.6 Å². The molecular weight excluding hydrogens is 404 g/mol. The number of rotatable bonds is 4. The van der Waals surface area contributed by atoms with Gasteiger partial charge in [0.05, 0.1) is 17.1 Å². The van der Waals surface area contributed by atoms with Crippen LogP contribution in [0.2, 0.25) is 0 Å². The Balaban J connectivity index is 1.75. The Morgan fingerprint density at radius 2 is 1.34 bits per heavy atom. The molecule has 32 heavy (non-hydrogen) atoms. The quantitative estimate of drug-likeness (QED) is 0.374. The van der Waals surface area contributed by atoms with Crippen LogP contribution in [0.25, 0.3) is 17.0 Å². The van der Waals surface area contributed by atoms with E-state index in [1.165, 1.54) is 4.68 Å². The SMILES string of the molecule is Cc1nn(-c2ccccc2)c([O-])c1C1=C([n+]2ccccc2)C(=O)N(c2ccccc2)C1=O. The highest BCUT2D eigenvalue weighted by atomic mass is 16.3. The molecule has 0 saturated carbocycles. The van der Waals surface area contributed by atoms with E-state index in [0.717, 1.165) is 4.90 Å². The summed E-state index contributed by atoms with van der Waals surface area (Å²) in [5.41, 5.74) is 1.67. The van der Waals surface area contributed by atoms with Crippen LogP contribution in [0, 0.1) is 6.92 Å². The van der Waals surface area contributed by atoms with Crippen molar-refractivity contribution in [2.75, 3.05) is 4.90 Å². The van der Waals surface area contributed by atoms with Crippen molar-refractivity contribution in [3.05, 3.63) is 103 Å². The number of hydrogen-bond acceptors (Lipinski definition) is 4. The number of aromatic nitrogens is 3. The van der Waals surface area contributed by atoms with Gasteiger partial charge >= 0.3 is 5.91 Å². The zero-order chi connectivity index (χ0) is 22.2. The molecule has 7 heteroatoms. The number of anilines is 1. The molecule has 0 fully saturated rings. The van der Waals surface area contributed by atoms with E-state index in [2.05, 4.69) is 5.10 Å². The third-order valence-corrected chi connectivity index (χ3v) is 5.32. The molecule has 0 saturated heterocycles. The smallest absolute Gasteiger partial charge is 0.331 e. The van der Waals surface area contributed by atoms with Gasteiger partial charge in [0.1, 0.15) is 5.57 Å². The number of aryl methyl sites for hydroxylation is 1. The molecular formula is C25H18N4O3. The molecule has 0 spiro atoms. The molecule has 0 aliphatic carbocycles. The summed E-state index contributed by atoms with van der Waals surface area (Å²) < 4.78 is 2.82. The molecule has 2 aromatic carbocycles. The molecule has 7 nitrogen and oxygen atoms in total. The van der Waals surface area contributed by atoms with Gasteiger partial charge in [-0.25, -0.2) is 9.58 Å². The summed E-state index contributed by atoms with van der Waals surface area (Å²) in [5.74, 6) is -1.51.